The summed E-state index contributed by atoms with van der Waals surface area (Å²) in [4.78, 5) is 25.7. The molecule has 0 unspecified atom stereocenters. The lowest BCUT2D eigenvalue weighted by Gasteiger charge is -2.15. The van der Waals surface area contributed by atoms with Crippen LogP contribution in [0.1, 0.15) is 29.5 Å². The molecule has 0 bridgehead atoms. The van der Waals surface area contributed by atoms with Crippen molar-refractivity contribution in [1.82, 2.24) is 0 Å². The van der Waals surface area contributed by atoms with Crippen LogP contribution in [0.3, 0.4) is 0 Å². The summed E-state index contributed by atoms with van der Waals surface area (Å²) in [5.41, 5.74) is 4.87. The van der Waals surface area contributed by atoms with Gasteiger partial charge in [0.05, 0.1) is 0 Å². The third-order valence-electron chi connectivity index (χ3n) is 4.35. The van der Waals surface area contributed by atoms with Gasteiger partial charge in [0.15, 0.2) is 0 Å². The second-order valence-electron chi connectivity index (χ2n) is 6.38. The highest BCUT2D eigenvalue weighted by atomic mass is 16.2. The molecule has 1 fully saturated rings. The van der Waals surface area contributed by atoms with Crippen molar-refractivity contribution in [2.75, 3.05) is 16.8 Å². The average Bonchev–Trinajstić information content (AvgIpc) is 3.02. The van der Waals surface area contributed by atoms with E-state index in [9.17, 15) is 9.59 Å². The van der Waals surface area contributed by atoms with Crippen molar-refractivity contribution in [3.63, 3.8) is 0 Å². The van der Waals surface area contributed by atoms with Crippen LogP contribution >= 0.6 is 0 Å². The second kappa shape index (κ2) is 7.34. The Balaban J connectivity index is 1.63. The van der Waals surface area contributed by atoms with Gasteiger partial charge in [-0.15, -0.1) is 0 Å². The molecular formula is C21H22N2O2. The molecule has 0 radical (unpaired) electrons. The minimum atomic E-state index is -0.161. The Morgan fingerprint density at radius 2 is 1.88 bits per heavy atom. The summed E-state index contributed by atoms with van der Waals surface area (Å²) in [7, 11) is 0. The molecule has 0 atom stereocenters. The Labute approximate surface area is 148 Å². The van der Waals surface area contributed by atoms with Crippen molar-refractivity contribution in [3.05, 3.63) is 65.2 Å². The lowest BCUT2D eigenvalue weighted by Crippen LogP contribution is -2.23. The molecule has 1 aliphatic heterocycles. The van der Waals surface area contributed by atoms with Gasteiger partial charge in [-0.1, -0.05) is 29.8 Å². The molecule has 0 aromatic heterocycles. The van der Waals surface area contributed by atoms with Crippen LogP contribution in [-0.4, -0.2) is 18.4 Å². The van der Waals surface area contributed by atoms with Crippen LogP contribution < -0.4 is 10.2 Å². The van der Waals surface area contributed by atoms with E-state index in [-0.39, 0.29) is 11.8 Å². The van der Waals surface area contributed by atoms with Gasteiger partial charge in [-0.05, 0) is 55.7 Å². The quantitative estimate of drug-likeness (QED) is 0.857. The summed E-state index contributed by atoms with van der Waals surface area (Å²) in [6.07, 6.45) is 4.84. The monoisotopic (exact) mass is 334 g/mol. The molecule has 2 aromatic rings. The lowest BCUT2D eigenvalue weighted by molar-refractivity contribution is -0.117. The summed E-state index contributed by atoms with van der Waals surface area (Å²) >= 11 is 0. The number of aryl methyl sites for hydroxylation is 2. The SMILES string of the molecule is Cc1ccc(NC(=O)C=Cc2ccc(N3CCCC3=O)cc2)c(C)c1. The maximum Gasteiger partial charge on any atom is 0.248 e. The Kier molecular flexibility index (Phi) is 4.98. The van der Waals surface area contributed by atoms with Gasteiger partial charge in [-0.25, -0.2) is 0 Å². The van der Waals surface area contributed by atoms with E-state index < -0.39 is 0 Å². The number of amides is 2. The molecule has 1 N–H and O–H groups in total. The largest absolute Gasteiger partial charge is 0.322 e. The first kappa shape index (κ1) is 17.0. The predicted molar refractivity (Wildman–Crippen MR) is 102 cm³/mol. The van der Waals surface area contributed by atoms with Crippen molar-refractivity contribution >= 4 is 29.3 Å². The molecule has 128 valence electrons. The van der Waals surface area contributed by atoms with E-state index in [0.717, 1.165) is 35.5 Å². The van der Waals surface area contributed by atoms with Crippen molar-refractivity contribution in [2.24, 2.45) is 0 Å². The van der Waals surface area contributed by atoms with Crippen molar-refractivity contribution < 1.29 is 9.59 Å². The van der Waals surface area contributed by atoms with Crippen LogP contribution in [0.25, 0.3) is 6.08 Å². The number of hydrogen-bond donors (Lipinski definition) is 1. The van der Waals surface area contributed by atoms with Crippen LogP contribution in [-0.2, 0) is 9.59 Å². The second-order valence-corrected chi connectivity index (χ2v) is 6.38. The number of anilines is 2. The van der Waals surface area contributed by atoms with Crippen LogP contribution in [0.15, 0.2) is 48.5 Å². The fourth-order valence-corrected chi connectivity index (χ4v) is 2.99. The van der Waals surface area contributed by atoms with E-state index in [0.29, 0.717) is 6.42 Å². The van der Waals surface area contributed by atoms with Gasteiger partial charge in [0.2, 0.25) is 11.8 Å². The van der Waals surface area contributed by atoms with E-state index in [2.05, 4.69) is 5.32 Å². The number of hydrogen-bond acceptors (Lipinski definition) is 2. The van der Waals surface area contributed by atoms with Crippen molar-refractivity contribution in [2.45, 2.75) is 26.7 Å². The Morgan fingerprint density at radius 1 is 1.12 bits per heavy atom. The number of carbonyl (C=O) groups excluding carboxylic acids is 2. The highest BCUT2D eigenvalue weighted by molar-refractivity contribution is 6.02. The Bertz CT molecular complexity index is 822. The molecule has 1 saturated heterocycles. The number of nitrogens with one attached hydrogen (secondary N) is 1. The highest BCUT2D eigenvalue weighted by Gasteiger charge is 2.21. The number of rotatable bonds is 4. The van der Waals surface area contributed by atoms with E-state index >= 15 is 0 Å². The van der Waals surface area contributed by atoms with Crippen LogP contribution in [0, 0.1) is 13.8 Å². The molecule has 2 aromatic carbocycles. The fourth-order valence-electron chi connectivity index (χ4n) is 2.99. The maximum atomic E-state index is 12.1. The first-order valence-electron chi connectivity index (χ1n) is 8.50. The number of nitrogens with zero attached hydrogens (tertiary/aromatic N) is 1. The third kappa shape index (κ3) is 4.15. The number of benzene rings is 2. The zero-order valence-corrected chi connectivity index (χ0v) is 14.6. The van der Waals surface area contributed by atoms with Gasteiger partial charge in [0.25, 0.3) is 0 Å². The summed E-state index contributed by atoms with van der Waals surface area (Å²) < 4.78 is 0. The third-order valence-corrected chi connectivity index (χ3v) is 4.35. The van der Waals surface area contributed by atoms with E-state index in [1.54, 1.807) is 11.0 Å². The average molecular weight is 334 g/mol. The van der Waals surface area contributed by atoms with E-state index in [4.69, 9.17) is 0 Å². The molecule has 3 rings (SSSR count). The highest BCUT2D eigenvalue weighted by Crippen LogP contribution is 2.22. The molecule has 4 nitrogen and oxygen atoms in total. The molecule has 0 saturated carbocycles. The van der Waals surface area contributed by atoms with Gasteiger partial charge < -0.3 is 10.2 Å². The molecule has 0 aliphatic carbocycles. The van der Waals surface area contributed by atoms with Gasteiger partial charge in [-0.2, -0.15) is 0 Å². The van der Waals surface area contributed by atoms with Crippen molar-refractivity contribution in [3.8, 4) is 0 Å². The number of carbonyl (C=O) groups is 2. The van der Waals surface area contributed by atoms with Gasteiger partial charge >= 0.3 is 0 Å². The normalized spacial score (nSPS) is 14.3. The zero-order chi connectivity index (χ0) is 17.8. The van der Waals surface area contributed by atoms with Crippen LogP contribution in [0.5, 0.6) is 0 Å². The Morgan fingerprint density at radius 3 is 2.52 bits per heavy atom. The van der Waals surface area contributed by atoms with Crippen LogP contribution in [0.4, 0.5) is 11.4 Å². The molecule has 1 heterocycles. The fraction of sp³-hybridized carbons (Fsp3) is 0.238. The van der Waals surface area contributed by atoms with Gasteiger partial charge in [0, 0.05) is 30.4 Å². The zero-order valence-electron chi connectivity index (χ0n) is 14.6. The molecular weight excluding hydrogens is 312 g/mol. The smallest absolute Gasteiger partial charge is 0.248 e. The Hall–Kier alpha value is -2.88. The topological polar surface area (TPSA) is 49.4 Å². The minimum absolute atomic E-state index is 0.161. The van der Waals surface area contributed by atoms with Gasteiger partial charge in [-0.3, -0.25) is 9.59 Å². The first-order chi connectivity index (χ1) is 12.0. The van der Waals surface area contributed by atoms with Crippen molar-refractivity contribution in [1.29, 1.82) is 0 Å². The molecule has 0 spiro atoms. The first-order valence-corrected chi connectivity index (χ1v) is 8.50. The summed E-state index contributed by atoms with van der Waals surface area (Å²) in [6, 6.07) is 13.6. The molecule has 1 aliphatic rings. The summed E-state index contributed by atoms with van der Waals surface area (Å²) in [5, 5.41) is 2.89. The van der Waals surface area contributed by atoms with Gasteiger partial charge in [0.1, 0.15) is 0 Å². The summed E-state index contributed by atoms with van der Waals surface area (Å²) in [6.45, 7) is 4.79. The maximum absolute atomic E-state index is 12.1. The predicted octanol–water partition coefficient (Wildman–Crippen LogP) is 4.08. The van der Waals surface area contributed by atoms with E-state index in [1.807, 2.05) is 56.3 Å². The molecule has 4 heteroatoms. The minimum Gasteiger partial charge on any atom is -0.322 e. The molecule has 2 amide bonds. The van der Waals surface area contributed by atoms with E-state index in [1.165, 1.54) is 11.6 Å². The summed E-state index contributed by atoms with van der Waals surface area (Å²) in [5.74, 6) is 0.0156. The van der Waals surface area contributed by atoms with Crippen LogP contribution in [0.2, 0.25) is 0 Å². The lowest BCUT2D eigenvalue weighted by atomic mass is 10.1. The standard InChI is InChI=1S/C21H22N2O2/c1-15-5-11-19(16(2)14-15)22-20(24)12-8-17-6-9-18(10-7-17)23-13-3-4-21(23)25/h5-12,14H,3-4,13H2,1-2H3,(H,22,24). The molecule has 25 heavy (non-hydrogen) atoms.